The van der Waals surface area contributed by atoms with E-state index in [4.69, 9.17) is 23.2 Å². The number of benzene rings is 1. The van der Waals surface area contributed by atoms with Crippen LogP contribution in [0.3, 0.4) is 0 Å². The molecule has 1 saturated heterocycles. The third kappa shape index (κ3) is 3.94. The van der Waals surface area contributed by atoms with Crippen molar-refractivity contribution in [2.75, 3.05) is 23.3 Å². The smallest absolute Gasteiger partial charge is 0.150 e. The zero-order valence-electron chi connectivity index (χ0n) is 12.3. The molecule has 0 saturated carbocycles. The molecule has 118 valence electrons. The number of hydrogen-bond donors (Lipinski definition) is 0. The van der Waals surface area contributed by atoms with Gasteiger partial charge in [-0.2, -0.15) is 0 Å². The van der Waals surface area contributed by atoms with E-state index in [0.29, 0.717) is 18.2 Å². The molecular weight excluding hydrogens is 327 g/mol. The molecule has 0 amide bonds. The van der Waals surface area contributed by atoms with E-state index in [2.05, 4.69) is 31.2 Å². The Kier molecular flexibility index (Phi) is 5.61. The molecule has 5 heteroatoms. The van der Waals surface area contributed by atoms with Gasteiger partial charge in [-0.15, -0.1) is 23.2 Å². The zero-order chi connectivity index (χ0) is 15.5. The van der Waals surface area contributed by atoms with Crippen LogP contribution in [0, 0.1) is 11.3 Å². The highest BCUT2D eigenvalue weighted by Gasteiger charge is 2.43. The van der Waals surface area contributed by atoms with E-state index in [1.165, 1.54) is 11.1 Å². The Morgan fingerprint density at radius 2 is 1.71 bits per heavy atom. The van der Waals surface area contributed by atoms with E-state index in [-0.39, 0.29) is 22.8 Å². The van der Waals surface area contributed by atoms with Crippen molar-refractivity contribution in [1.29, 1.82) is 0 Å². The van der Waals surface area contributed by atoms with Crippen molar-refractivity contribution in [2.45, 2.75) is 26.2 Å². The summed E-state index contributed by atoms with van der Waals surface area (Å²) < 4.78 is 23.5. The first-order valence-corrected chi connectivity index (χ1v) is 10.2. The van der Waals surface area contributed by atoms with Gasteiger partial charge in [-0.3, -0.25) is 0 Å². The van der Waals surface area contributed by atoms with Crippen LogP contribution in [0.25, 0.3) is 0 Å². The first-order valence-electron chi connectivity index (χ1n) is 7.35. The van der Waals surface area contributed by atoms with Crippen molar-refractivity contribution < 1.29 is 8.42 Å². The van der Waals surface area contributed by atoms with Crippen LogP contribution in [-0.2, 0) is 22.7 Å². The van der Waals surface area contributed by atoms with Gasteiger partial charge < -0.3 is 0 Å². The monoisotopic (exact) mass is 348 g/mol. The quantitative estimate of drug-likeness (QED) is 0.734. The molecule has 1 atom stereocenters. The summed E-state index contributed by atoms with van der Waals surface area (Å²) >= 11 is 12.5. The second kappa shape index (κ2) is 6.89. The van der Waals surface area contributed by atoms with E-state index >= 15 is 0 Å². The summed E-state index contributed by atoms with van der Waals surface area (Å²) in [5.41, 5.74) is 2.14. The molecule has 1 aromatic carbocycles. The molecule has 21 heavy (non-hydrogen) atoms. The van der Waals surface area contributed by atoms with Gasteiger partial charge in [0.05, 0.1) is 11.5 Å². The Morgan fingerprint density at radius 3 is 2.14 bits per heavy atom. The fraction of sp³-hybridized carbons (Fsp3) is 0.625. The highest BCUT2D eigenvalue weighted by atomic mass is 35.5. The molecule has 1 unspecified atom stereocenters. The Balaban J connectivity index is 2.21. The number of halogens is 2. The van der Waals surface area contributed by atoms with Gasteiger partial charge in [0.1, 0.15) is 0 Å². The minimum Gasteiger partial charge on any atom is -0.229 e. The highest BCUT2D eigenvalue weighted by Crippen LogP contribution is 2.41. The SMILES string of the molecule is CCc1ccc(CC(CCl)(CCl)C2CCS(=O)(=O)C2)cc1. The largest absolute Gasteiger partial charge is 0.229 e. The van der Waals surface area contributed by atoms with E-state index < -0.39 is 9.84 Å². The summed E-state index contributed by atoms with van der Waals surface area (Å²) in [6.45, 7) is 2.13. The maximum absolute atomic E-state index is 11.8. The Morgan fingerprint density at radius 1 is 1.14 bits per heavy atom. The number of sulfone groups is 1. The average molecular weight is 349 g/mol. The van der Waals surface area contributed by atoms with Crippen LogP contribution in [0.2, 0.25) is 0 Å². The van der Waals surface area contributed by atoms with Crippen molar-refractivity contribution >= 4 is 33.0 Å². The van der Waals surface area contributed by atoms with Gasteiger partial charge in [0, 0.05) is 17.2 Å². The maximum Gasteiger partial charge on any atom is 0.150 e. The van der Waals surface area contributed by atoms with Gasteiger partial charge in [0.15, 0.2) is 9.84 Å². The fourth-order valence-electron chi connectivity index (χ4n) is 3.07. The Labute approximate surface area is 137 Å². The van der Waals surface area contributed by atoms with Crippen molar-refractivity contribution in [2.24, 2.45) is 11.3 Å². The van der Waals surface area contributed by atoms with Crippen LogP contribution in [-0.4, -0.2) is 31.7 Å². The molecule has 1 fully saturated rings. The average Bonchev–Trinajstić information content (AvgIpc) is 2.86. The Bertz CT molecular complexity index is 562. The molecule has 2 rings (SSSR count). The number of alkyl halides is 2. The number of aryl methyl sites for hydroxylation is 1. The van der Waals surface area contributed by atoms with Crippen LogP contribution in [0.4, 0.5) is 0 Å². The molecule has 0 N–H and O–H groups in total. The van der Waals surface area contributed by atoms with Crippen molar-refractivity contribution in [3.63, 3.8) is 0 Å². The molecule has 0 aliphatic carbocycles. The highest BCUT2D eigenvalue weighted by molar-refractivity contribution is 7.91. The zero-order valence-corrected chi connectivity index (χ0v) is 14.6. The lowest BCUT2D eigenvalue weighted by atomic mass is 9.73. The molecule has 0 aromatic heterocycles. The molecule has 1 aliphatic heterocycles. The van der Waals surface area contributed by atoms with Gasteiger partial charge in [-0.25, -0.2) is 8.42 Å². The standard InChI is InChI=1S/C16H22Cl2O2S/c1-2-13-3-5-14(6-4-13)9-16(11-17,12-18)15-7-8-21(19,20)10-15/h3-6,15H,2,7-12H2,1H3. The fourth-order valence-corrected chi connectivity index (χ4v) is 5.92. The van der Waals surface area contributed by atoms with E-state index in [9.17, 15) is 8.42 Å². The predicted octanol–water partition coefficient (Wildman–Crippen LogP) is 3.69. The van der Waals surface area contributed by atoms with Crippen molar-refractivity contribution in [3.8, 4) is 0 Å². The van der Waals surface area contributed by atoms with Crippen LogP contribution in [0.5, 0.6) is 0 Å². The molecule has 1 aliphatic rings. The number of hydrogen-bond acceptors (Lipinski definition) is 2. The summed E-state index contributed by atoms with van der Waals surface area (Å²) in [5.74, 6) is 1.34. The van der Waals surface area contributed by atoms with Crippen molar-refractivity contribution in [3.05, 3.63) is 35.4 Å². The normalized spacial score (nSPS) is 21.6. The lowest BCUT2D eigenvalue weighted by molar-refractivity contribution is 0.244. The van der Waals surface area contributed by atoms with E-state index in [1.54, 1.807) is 0 Å². The lowest BCUT2D eigenvalue weighted by Gasteiger charge is -2.35. The summed E-state index contributed by atoms with van der Waals surface area (Å²) in [5, 5.41) is 0. The molecule has 0 bridgehead atoms. The second-order valence-electron chi connectivity index (χ2n) is 6.08. The van der Waals surface area contributed by atoms with E-state index in [1.807, 2.05) is 0 Å². The van der Waals surface area contributed by atoms with Gasteiger partial charge >= 0.3 is 0 Å². The van der Waals surface area contributed by atoms with Crippen LogP contribution in [0.1, 0.15) is 24.5 Å². The van der Waals surface area contributed by atoms with Crippen molar-refractivity contribution in [1.82, 2.24) is 0 Å². The maximum atomic E-state index is 11.8. The third-order valence-corrected chi connectivity index (χ3v) is 7.45. The second-order valence-corrected chi connectivity index (χ2v) is 8.84. The minimum atomic E-state index is -2.92. The van der Waals surface area contributed by atoms with Gasteiger partial charge in [-0.1, -0.05) is 31.2 Å². The summed E-state index contributed by atoms with van der Waals surface area (Å²) in [7, 11) is -2.92. The number of rotatable bonds is 6. The Hall–Kier alpha value is -0.250. The molecule has 1 heterocycles. The third-order valence-electron chi connectivity index (χ3n) is 4.62. The molecular formula is C16H22Cl2O2S. The lowest BCUT2D eigenvalue weighted by Crippen LogP contribution is -2.37. The molecule has 0 radical (unpaired) electrons. The topological polar surface area (TPSA) is 34.1 Å². The van der Waals surface area contributed by atoms with Gasteiger partial charge in [0.25, 0.3) is 0 Å². The molecule has 2 nitrogen and oxygen atoms in total. The summed E-state index contributed by atoms with van der Waals surface area (Å²) in [6.07, 6.45) is 2.43. The minimum absolute atomic E-state index is 0.0587. The molecule has 1 aromatic rings. The van der Waals surface area contributed by atoms with E-state index in [0.717, 1.165) is 12.8 Å². The summed E-state index contributed by atoms with van der Waals surface area (Å²) in [4.78, 5) is 0. The van der Waals surface area contributed by atoms with Crippen LogP contribution < -0.4 is 0 Å². The van der Waals surface area contributed by atoms with Crippen LogP contribution >= 0.6 is 23.2 Å². The first-order chi connectivity index (χ1) is 9.94. The predicted molar refractivity (Wildman–Crippen MR) is 90.2 cm³/mol. The van der Waals surface area contributed by atoms with Gasteiger partial charge in [-0.05, 0) is 36.3 Å². The van der Waals surface area contributed by atoms with Crippen LogP contribution in [0.15, 0.2) is 24.3 Å². The summed E-state index contributed by atoms with van der Waals surface area (Å²) in [6, 6.07) is 8.45. The van der Waals surface area contributed by atoms with Gasteiger partial charge in [0.2, 0.25) is 0 Å². The first kappa shape index (κ1) is 17.1. The molecule has 0 spiro atoms.